The van der Waals surface area contributed by atoms with Gasteiger partial charge in [-0.15, -0.1) is 0 Å². The number of H-pyrrole nitrogens is 1. The standard InChI is InChI=1S/C8H13N3S3/c1-6-7(11-5-10-6)4-13-2-3-14-8(9)12/h5H,2-4H2,1H3,(H2,9,12)(H,10,11). The molecule has 0 amide bonds. The van der Waals surface area contributed by atoms with Crippen molar-refractivity contribution >= 4 is 40.1 Å². The van der Waals surface area contributed by atoms with Gasteiger partial charge in [-0.3, -0.25) is 0 Å². The van der Waals surface area contributed by atoms with Crippen molar-refractivity contribution in [3.63, 3.8) is 0 Å². The van der Waals surface area contributed by atoms with Gasteiger partial charge in [0.25, 0.3) is 0 Å². The zero-order chi connectivity index (χ0) is 10.4. The van der Waals surface area contributed by atoms with E-state index in [2.05, 4.69) is 9.97 Å². The maximum absolute atomic E-state index is 5.36. The molecule has 0 aliphatic heterocycles. The van der Waals surface area contributed by atoms with Crippen LogP contribution in [0.2, 0.25) is 0 Å². The molecule has 1 rings (SSSR count). The highest BCUT2D eigenvalue weighted by atomic mass is 32.2. The Bertz CT molecular complexity index is 298. The van der Waals surface area contributed by atoms with Gasteiger partial charge in [0.15, 0.2) is 0 Å². The number of aromatic nitrogens is 2. The van der Waals surface area contributed by atoms with Crippen molar-refractivity contribution in [3.8, 4) is 0 Å². The number of nitrogens with zero attached hydrogens (tertiary/aromatic N) is 1. The van der Waals surface area contributed by atoms with Crippen LogP contribution in [0.5, 0.6) is 0 Å². The van der Waals surface area contributed by atoms with Crippen LogP contribution in [0.25, 0.3) is 0 Å². The molecular formula is C8H13N3S3. The fourth-order valence-corrected chi connectivity index (χ4v) is 2.79. The first-order chi connectivity index (χ1) is 6.70. The topological polar surface area (TPSA) is 54.7 Å². The lowest BCUT2D eigenvalue weighted by molar-refractivity contribution is 1.19. The van der Waals surface area contributed by atoms with Crippen molar-refractivity contribution < 1.29 is 0 Å². The molecule has 0 saturated heterocycles. The third-order valence-electron chi connectivity index (χ3n) is 1.65. The summed E-state index contributed by atoms with van der Waals surface area (Å²) in [7, 11) is 0. The summed E-state index contributed by atoms with van der Waals surface area (Å²) >= 11 is 8.14. The van der Waals surface area contributed by atoms with Gasteiger partial charge in [0.2, 0.25) is 0 Å². The quantitative estimate of drug-likeness (QED) is 0.615. The summed E-state index contributed by atoms with van der Waals surface area (Å²) in [6.07, 6.45) is 1.73. The van der Waals surface area contributed by atoms with Gasteiger partial charge < -0.3 is 10.7 Å². The second kappa shape index (κ2) is 6.31. The Morgan fingerprint density at radius 2 is 2.43 bits per heavy atom. The van der Waals surface area contributed by atoms with Crippen LogP contribution >= 0.6 is 35.7 Å². The molecule has 1 heterocycles. The molecule has 0 aliphatic rings. The van der Waals surface area contributed by atoms with E-state index in [0.717, 1.165) is 28.6 Å². The molecule has 3 N–H and O–H groups in total. The lowest BCUT2D eigenvalue weighted by Gasteiger charge is -1.99. The van der Waals surface area contributed by atoms with Gasteiger partial charge in [-0.05, 0) is 6.92 Å². The van der Waals surface area contributed by atoms with Crippen LogP contribution in [0.1, 0.15) is 11.4 Å². The van der Waals surface area contributed by atoms with E-state index in [4.69, 9.17) is 18.0 Å². The Balaban J connectivity index is 2.10. The predicted octanol–water partition coefficient (Wildman–Crippen LogP) is 1.93. The number of nitrogens with one attached hydrogen (secondary N) is 1. The van der Waals surface area contributed by atoms with E-state index >= 15 is 0 Å². The monoisotopic (exact) mass is 247 g/mol. The maximum atomic E-state index is 5.36. The maximum Gasteiger partial charge on any atom is 0.131 e. The molecule has 14 heavy (non-hydrogen) atoms. The van der Waals surface area contributed by atoms with Crippen LogP contribution in [0.3, 0.4) is 0 Å². The molecule has 1 aromatic heterocycles. The molecule has 0 saturated carbocycles. The second-order valence-corrected chi connectivity index (χ2v) is 5.63. The number of hydrogen-bond donors (Lipinski definition) is 2. The normalized spacial score (nSPS) is 10.4. The molecule has 6 heteroatoms. The summed E-state index contributed by atoms with van der Waals surface area (Å²) < 4.78 is 0.529. The van der Waals surface area contributed by atoms with Crippen LogP contribution in [0.4, 0.5) is 0 Å². The zero-order valence-corrected chi connectivity index (χ0v) is 10.4. The van der Waals surface area contributed by atoms with E-state index in [9.17, 15) is 0 Å². The third-order valence-corrected chi connectivity index (χ3v) is 3.92. The molecule has 3 nitrogen and oxygen atoms in total. The first kappa shape index (κ1) is 11.9. The highest BCUT2D eigenvalue weighted by Crippen LogP contribution is 2.14. The van der Waals surface area contributed by atoms with Crippen LogP contribution < -0.4 is 5.73 Å². The Hall–Kier alpha value is -0.200. The van der Waals surface area contributed by atoms with E-state index < -0.39 is 0 Å². The van der Waals surface area contributed by atoms with Gasteiger partial charge in [-0.25, -0.2) is 4.98 Å². The van der Waals surface area contributed by atoms with Crippen LogP contribution in [-0.2, 0) is 5.75 Å². The van der Waals surface area contributed by atoms with Crippen molar-refractivity contribution in [2.24, 2.45) is 5.73 Å². The Morgan fingerprint density at radius 3 is 3.00 bits per heavy atom. The first-order valence-electron chi connectivity index (χ1n) is 4.19. The van der Waals surface area contributed by atoms with E-state index in [0.29, 0.717) is 4.32 Å². The zero-order valence-electron chi connectivity index (χ0n) is 7.95. The largest absolute Gasteiger partial charge is 0.385 e. The molecule has 1 aromatic rings. The highest BCUT2D eigenvalue weighted by molar-refractivity contribution is 8.23. The van der Waals surface area contributed by atoms with Gasteiger partial charge >= 0.3 is 0 Å². The molecule has 78 valence electrons. The van der Waals surface area contributed by atoms with Crippen molar-refractivity contribution in [2.75, 3.05) is 11.5 Å². The van der Waals surface area contributed by atoms with Crippen LogP contribution in [0.15, 0.2) is 6.33 Å². The lowest BCUT2D eigenvalue weighted by atomic mass is 10.4. The molecule has 0 aromatic carbocycles. The molecule has 0 bridgehead atoms. The van der Waals surface area contributed by atoms with Crippen molar-refractivity contribution in [2.45, 2.75) is 12.7 Å². The predicted molar refractivity (Wildman–Crippen MR) is 68.7 cm³/mol. The number of thioether (sulfide) groups is 2. The number of aryl methyl sites for hydroxylation is 1. The molecule has 0 fully saturated rings. The summed E-state index contributed by atoms with van der Waals surface area (Å²) in [4.78, 5) is 7.27. The first-order valence-corrected chi connectivity index (χ1v) is 6.74. The second-order valence-electron chi connectivity index (χ2n) is 2.69. The average molecular weight is 247 g/mol. The SMILES string of the molecule is Cc1[nH]cnc1CSCCSC(N)=S. The summed E-state index contributed by atoms with van der Waals surface area (Å²) in [5.74, 6) is 2.98. The molecule has 0 unspecified atom stereocenters. The highest BCUT2D eigenvalue weighted by Gasteiger charge is 2.00. The van der Waals surface area contributed by atoms with Gasteiger partial charge in [-0.1, -0.05) is 24.0 Å². The number of imidazole rings is 1. The molecule has 0 atom stereocenters. The fourth-order valence-electron chi connectivity index (χ4n) is 0.903. The smallest absolute Gasteiger partial charge is 0.131 e. The Labute approximate surface area is 97.6 Å². The summed E-state index contributed by atoms with van der Waals surface area (Å²) in [5.41, 5.74) is 7.65. The van der Waals surface area contributed by atoms with Crippen molar-refractivity contribution in [1.82, 2.24) is 9.97 Å². The Kier molecular flexibility index (Phi) is 5.36. The van der Waals surface area contributed by atoms with Crippen molar-refractivity contribution in [3.05, 3.63) is 17.7 Å². The number of rotatable bonds is 5. The van der Waals surface area contributed by atoms with E-state index in [-0.39, 0.29) is 0 Å². The molecule has 0 radical (unpaired) electrons. The molecule has 0 spiro atoms. The van der Waals surface area contributed by atoms with Gasteiger partial charge in [0.05, 0.1) is 12.0 Å². The third kappa shape index (κ3) is 4.34. The van der Waals surface area contributed by atoms with Gasteiger partial charge in [0.1, 0.15) is 4.32 Å². The molecular weight excluding hydrogens is 234 g/mol. The van der Waals surface area contributed by atoms with E-state index in [1.807, 2.05) is 18.7 Å². The lowest BCUT2D eigenvalue weighted by Crippen LogP contribution is -2.03. The van der Waals surface area contributed by atoms with Gasteiger partial charge in [-0.2, -0.15) is 11.8 Å². The summed E-state index contributed by atoms with van der Waals surface area (Å²) in [6, 6.07) is 0. The molecule has 0 aliphatic carbocycles. The van der Waals surface area contributed by atoms with Crippen LogP contribution in [0, 0.1) is 6.92 Å². The minimum Gasteiger partial charge on any atom is -0.385 e. The van der Waals surface area contributed by atoms with Crippen LogP contribution in [-0.4, -0.2) is 25.8 Å². The van der Waals surface area contributed by atoms with Gasteiger partial charge in [0, 0.05) is 23.0 Å². The number of thiocarbonyl (C=S) groups is 1. The van der Waals surface area contributed by atoms with Crippen molar-refractivity contribution in [1.29, 1.82) is 0 Å². The van der Waals surface area contributed by atoms with E-state index in [1.165, 1.54) is 11.8 Å². The fraction of sp³-hybridized carbons (Fsp3) is 0.500. The summed E-state index contributed by atoms with van der Waals surface area (Å²) in [5, 5.41) is 0. The average Bonchev–Trinajstić information content (AvgIpc) is 2.51. The minimum absolute atomic E-state index is 0.529. The number of hydrogen-bond acceptors (Lipinski definition) is 4. The summed E-state index contributed by atoms with van der Waals surface area (Å²) in [6.45, 7) is 2.03. The minimum atomic E-state index is 0.529. The van der Waals surface area contributed by atoms with E-state index in [1.54, 1.807) is 6.33 Å². The Morgan fingerprint density at radius 1 is 1.64 bits per heavy atom. The number of nitrogens with two attached hydrogens (primary N) is 1. The number of aromatic amines is 1.